The van der Waals surface area contributed by atoms with Gasteiger partial charge in [0.25, 0.3) is 0 Å². The molecule has 0 bridgehead atoms. The highest BCUT2D eigenvalue weighted by molar-refractivity contribution is 6.28. The average molecular weight is 268 g/mol. The van der Waals surface area contributed by atoms with Crippen molar-refractivity contribution in [3.8, 4) is 0 Å². The van der Waals surface area contributed by atoms with Crippen LogP contribution in [-0.2, 0) is 0 Å². The van der Waals surface area contributed by atoms with Gasteiger partial charge in [-0.3, -0.25) is 0 Å². The third kappa shape index (κ3) is 2.52. The fourth-order valence-corrected chi connectivity index (χ4v) is 2.73. The highest BCUT2D eigenvalue weighted by Gasteiger charge is 2.18. The molecule has 18 heavy (non-hydrogen) atoms. The Balaban J connectivity index is 1.84. The van der Waals surface area contributed by atoms with Gasteiger partial charge in [0.05, 0.1) is 0 Å². The summed E-state index contributed by atoms with van der Waals surface area (Å²) in [5.74, 6) is 1.93. The molecule has 0 aromatic carbocycles. The maximum Gasteiger partial charge on any atom is 0.226 e. The summed E-state index contributed by atoms with van der Waals surface area (Å²) in [6.07, 6.45) is 2.48. The predicted molar refractivity (Wildman–Crippen MR) is 73.6 cm³/mol. The van der Waals surface area contributed by atoms with Crippen LogP contribution in [0.25, 0.3) is 0 Å². The van der Waals surface area contributed by atoms with Crippen molar-refractivity contribution in [3.05, 3.63) is 11.3 Å². The number of halogens is 1. The monoisotopic (exact) mass is 267 g/mol. The van der Waals surface area contributed by atoms with Crippen molar-refractivity contribution >= 4 is 23.2 Å². The van der Waals surface area contributed by atoms with E-state index in [2.05, 4.69) is 31.2 Å². The minimum atomic E-state index is 0.355. The second kappa shape index (κ2) is 5.28. The zero-order valence-corrected chi connectivity index (χ0v) is 11.2. The molecule has 3 heterocycles. The lowest BCUT2D eigenvalue weighted by molar-refractivity contribution is 0.584. The molecule has 0 radical (unpaired) electrons. The molecule has 1 aromatic heterocycles. The molecule has 2 saturated heterocycles. The normalized spacial score (nSPS) is 20.5. The molecule has 0 unspecified atom stereocenters. The molecular formula is C12H18ClN5. The summed E-state index contributed by atoms with van der Waals surface area (Å²) in [7, 11) is 0. The fourth-order valence-electron chi connectivity index (χ4n) is 2.56. The van der Waals surface area contributed by atoms with Crippen LogP contribution in [-0.4, -0.2) is 49.2 Å². The number of nitrogens with zero attached hydrogens (tertiary/aromatic N) is 4. The van der Waals surface area contributed by atoms with Crippen molar-refractivity contribution < 1.29 is 0 Å². The van der Waals surface area contributed by atoms with Gasteiger partial charge in [0.1, 0.15) is 11.6 Å². The van der Waals surface area contributed by atoms with Gasteiger partial charge in [-0.25, -0.2) is 9.97 Å². The van der Waals surface area contributed by atoms with E-state index in [1.807, 2.05) is 0 Å². The average Bonchev–Trinajstić information content (AvgIpc) is 2.93. The molecular weight excluding hydrogens is 250 g/mol. The van der Waals surface area contributed by atoms with Crippen LogP contribution in [0.4, 0.5) is 11.6 Å². The van der Waals surface area contributed by atoms with Gasteiger partial charge >= 0.3 is 0 Å². The lowest BCUT2D eigenvalue weighted by Crippen LogP contribution is -2.44. The number of nitrogens with one attached hydrogen (secondary N) is 1. The van der Waals surface area contributed by atoms with E-state index in [1.165, 1.54) is 12.8 Å². The first-order valence-corrected chi connectivity index (χ1v) is 6.96. The molecule has 2 aliphatic rings. The second-order valence-electron chi connectivity index (χ2n) is 4.78. The molecule has 0 spiro atoms. The molecule has 3 rings (SSSR count). The number of hydrogen-bond acceptors (Lipinski definition) is 5. The molecule has 0 saturated carbocycles. The third-order valence-corrected chi connectivity index (χ3v) is 3.71. The lowest BCUT2D eigenvalue weighted by atomic mass is 10.3. The Hall–Kier alpha value is -1.07. The first kappa shape index (κ1) is 12.0. The van der Waals surface area contributed by atoms with Crippen LogP contribution in [0.15, 0.2) is 6.07 Å². The molecule has 2 fully saturated rings. The van der Waals surface area contributed by atoms with E-state index in [4.69, 9.17) is 11.6 Å². The summed E-state index contributed by atoms with van der Waals surface area (Å²) in [5, 5.41) is 3.69. The van der Waals surface area contributed by atoms with Crippen LogP contribution in [0.2, 0.25) is 5.28 Å². The van der Waals surface area contributed by atoms with Crippen LogP contribution >= 0.6 is 11.6 Å². The van der Waals surface area contributed by atoms with Gasteiger partial charge < -0.3 is 15.1 Å². The number of hydrogen-bond donors (Lipinski definition) is 1. The summed E-state index contributed by atoms with van der Waals surface area (Å²) >= 11 is 6.06. The molecule has 1 N–H and O–H groups in total. The molecule has 1 aromatic rings. The highest BCUT2D eigenvalue weighted by Crippen LogP contribution is 2.24. The van der Waals surface area contributed by atoms with Gasteiger partial charge in [0.2, 0.25) is 5.28 Å². The summed E-state index contributed by atoms with van der Waals surface area (Å²) in [4.78, 5) is 13.3. The molecule has 0 aliphatic carbocycles. The van der Waals surface area contributed by atoms with E-state index >= 15 is 0 Å². The molecule has 5 nitrogen and oxygen atoms in total. The minimum Gasteiger partial charge on any atom is -0.356 e. The van der Waals surface area contributed by atoms with Crippen molar-refractivity contribution in [1.29, 1.82) is 0 Å². The van der Waals surface area contributed by atoms with Gasteiger partial charge in [0, 0.05) is 45.3 Å². The fraction of sp³-hybridized carbons (Fsp3) is 0.667. The summed E-state index contributed by atoms with van der Waals surface area (Å²) in [6, 6.07) is 2.07. The first-order chi connectivity index (χ1) is 8.83. The topological polar surface area (TPSA) is 44.3 Å². The largest absolute Gasteiger partial charge is 0.356 e. The summed E-state index contributed by atoms with van der Waals surface area (Å²) in [6.45, 7) is 6.11. The van der Waals surface area contributed by atoms with Crippen LogP contribution < -0.4 is 15.1 Å². The SMILES string of the molecule is Clc1nc(N2CCCC2)cc(N2CCNCC2)n1. The van der Waals surface area contributed by atoms with Gasteiger partial charge in [-0.15, -0.1) is 0 Å². The zero-order chi connectivity index (χ0) is 12.4. The van der Waals surface area contributed by atoms with Crippen molar-refractivity contribution in [2.24, 2.45) is 0 Å². The predicted octanol–water partition coefficient (Wildman–Crippen LogP) is 1.14. The van der Waals surface area contributed by atoms with Gasteiger partial charge in [-0.05, 0) is 24.4 Å². The Labute approximate surface area is 112 Å². The van der Waals surface area contributed by atoms with E-state index in [-0.39, 0.29) is 0 Å². The Morgan fingerprint density at radius 1 is 0.944 bits per heavy atom. The second-order valence-corrected chi connectivity index (χ2v) is 5.12. The molecule has 0 atom stereocenters. The van der Waals surface area contributed by atoms with E-state index in [0.717, 1.165) is 50.9 Å². The van der Waals surface area contributed by atoms with E-state index in [1.54, 1.807) is 0 Å². The van der Waals surface area contributed by atoms with Crippen LogP contribution in [0.3, 0.4) is 0 Å². The number of anilines is 2. The number of aromatic nitrogens is 2. The van der Waals surface area contributed by atoms with Crippen LogP contribution in [0.5, 0.6) is 0 Å². The van der Waals surface area contributed by atoms with Gasteiger partial charge in [-0.1, -0.05) is 0 Å². The van der Waals surface area contributed by atoms with Gasteiger partial charge in [-0.2, -0.15) is 0 Å². The van der Waals surface area contributed by atoms with E-state index in [0.29, 0.717) is 5.28 Å². The minimum absolute atomic E-state index is 0.355. The van der Waals surface area contributed by atoms with Crippen molar-refractivity contribution in [2.45, 2.75) is 12.8 Å². The quantitative estimate of drug-likeness (QED) is 0.814. The number of rotatable bonds is 2. The van der Waals surface area contributed by atoms with Crippen molar-refractivity contribution in [3.63, 3.8) is 0 Å². The molecule has 6 heteroatoms. The number of piperazine rings is 1. The standard InChI is InChI=1S/C12H18ClN5/c13-12-15-10(17-5-1-2-6-17)9-11(16-12)18-7-3-14-4-8-18/h9,14H,1-8H2. The molecule has 98 valence electrons. The Morgan fingerprint density at radius 2 is 1.50 bits per heavy atom. The maximum absolute atomic E-state index is 6.06. The Kier molecular flexibility index (Phi) is 3.52. The first-order valence-electron chi connectivity index (χ1n) is 6.58. The van der Waals surface area contributed by atoms with E-state index in [9.17, 15) is 0 Å². The lowest BCUT2D eigenvalue weighted by Gasteiger charge is -2.29. The molecule has 2 aliphatic heterocycles. The molecule has 0 amide bonds. The van der Waals surface area contributed by atoms with Crippen LogP contribution in [0.1, 0.15) is 12.8 Å². The Morgan fingerprint density at radius 3 is 2.11 bits per heavy atom. The van der Waals surface area contributed by atoms with E-state index < -0.39 is 0 Å². The maximum atomic E-state index is 6.06. The highest BCUT2D eigenvalue weighted by atomic mass is 35.5. The smallest absolute Gasteiger partial charge is 0.226 e. The summed E-state index contributed by atoms with van der Waals surface area (Å²) in [5.41, 5.74) is 0. The summed E-state index contributed by atoms with van der Waals surface area (Å²) < 4.78 is 0. The van der Waals surface area contributed by atoms with Gasteiger partial charge in [0.15, 0.2) is 0 Å². The van der Waals surface area contributed by atoms with Crippen molar-refractivity contribution in [1.82, 2.24) is 15.3 Å². The Bertz CT molecular complexity index is 413. The third-order valence-electron chi connectivity index (χ3n) is 3.54. The van der Waals surface area contributed by atoms with Crippen molar-refractivity contribution in [2.75, 3.05) is 49.1 Å². The van der Waals surface area contributed by atoms with Crippen LogP contribution in [0, 0.1) is 0 Å². The zero-order valence-electron chi connectivity index (χ0n) is 10.4.